The molecule has 0 aliphatic carbocycles. The summed E-state index contributed by atoms with van der Waals surface area (Å²) in [7, 11) is -6.17. The fourth-order valence-electron chi connectivity index (χ4n) is 5.36. The topological polar surface area (TPSA) is 52.6 Å². The van der Waals surface area contributed by atoms with Gasteiger partial charge in [0.05, 0.1) is 0 Å². The molecule has 6 aromatic carbocycles. The van der Waals surface area contributed by atoms with E-state index in [1.807, 2.05) is 182 Å². The second-order valence-electron chi connectivity index (χ2n) is 9.99. The first-order valence-corrected chi connectivity index (χ1v) is 17.7. The van der Waals surface area contributed by atoms with Crippen LogP contribution >= 0.6 is 15.0 Å². The molecule has 0 unspecified atom stereocenters. The van der Waals surface area contributed by atoms with Gasteiger partial charge in [0.25, 0.3) is 15.0 Å². The number of hydrogen-bond donors (Lipinski definition) is 0. The van der Waals surface area contributed by atoms with Crippen LogP contribution in [0.5, 0.6) is 0 Å². The summed E-state index contributed by atoms with van der Waals surface area (Å²) in [4.78, 5) is 28.4. The molecule has 0 N–H and O–H groups in total. The van der Waals surface area contributed by atoms with Gasteiger partial charge >= 0.3 is 11.9 Å². The van der Waals surface area contributed by atoms with Crippen molar-refractivity contribution in [1.29, 1.82) is 0 Å². The van der Waals surface area contributed by atoms with E-state index in [9.17, 15) is 9.59 Å². The molecule has 0 bridgehead atoms. The Bertz CT molecular complexity index is 1490. The van der Waals surface area contributed by atoms with Crippen LogP contribution in [-0.2, 0) is 39.1 Å². The normalized spacial score (nSPS) is 11.1. The summed E-state index contributed by atoms with van der Waals surface area (Å²) in [6.45, 7) is 0. The van der Waals surface area contributed by atoms with Crippen LogP contribution in [0.2, 0.25) is 0 Å². The van der Waals surface area contributed by atoms with Gasteiger partial charge in [-0.25, -0.2) is 9.59 Å². The van der Waals surface area contributed by atoms with Gasteiger partial charge in [-0.2, -0.15) is 0 Å². The second-order valence-corrected chi connectivity index (χ2v) is 15.9. The van der Waals surface area contributed by atoms with Crippen LogP contribution in [0.3, 0.4) is 0 Å². The largest absolute Gasteiger partial charge is 0.463 e. The average molecular weight is 719 g/mol. The van der Waals surface area contributed by atoms with E-state index >= 15 is 0 Å². The summed E-state index contributed by atoms with van der Waals surface area (Å²) < 4.78 is 13.1. The first kappa shape index (κ1) is 32.2. The van der Waals surface area contributed by atoms with Crippen molar-refractivity contribution in [3.05, 3.63) is 182 Å². The summed E-state index contributed by atoms with van der Waals surface area (Å²) in [6.07, 6.45) is 0. The van der Waals surface area contributed by atoms with Crippen molar-refractivity contribution in [2.24, 2.45) is 0 Å². The Morgan fingerprint density at radius 2 is 0.467 bits per heavy atom. The summed E-state index contributed by atoms with van der Waals surface area (Å²) in [5.74, 6) is -2.08. The maximum Gasteiger partial charge on any atom is 0.463 e. The first-order valence-electron chi connectivity index (χ1n) is 14.2. The second kappa shape index (κ2) is 14.7. The van der Waals surface area contributed by atoms with Crippen molar-refractivity contribution in [3.63, 3.8) is 0 Å². The molecule has 0 amide bonds. The van der Waals surface area contributed by atoms with Gasteiger partial charge in [-0.1, -0.05) is 109 Å². The van der Waals surface area contributed by atoms with Crippen molar-refractivity contribution < 1.29 is 39.1 Å². The maximum atomic E-state index is 14.2. The van der Waals surface area contributed by atoms with E-state index in [4.69, 9.17) is 9.05 Å². The van der Waals surface area contributed by atoms with E-state index in [1.54, 1.807) is 0 Å². The quantitative estimate of drug-likeness (QED) is 0.112. The monoisotopic (exact) mass is 718 g/mol. The molecule has 0 aliphatic rings. The summed E-state index contributed by atoms with van der Waals surface area (Å²) >= 11 is 0. The molecule has 6 rings (SSSR count). The minimum absolute atomic E-state index is 0. The zero-order valence-electron chi connectivity index (χ0n) is 24.2. The van der Waals surface area contributed by atoms with Crippen LogP contribution in [0, 0.1) is 0 Å². The summed E-state index contributed by atoms with van der Waals surface area (Å²) in [5, 5.41) is 4.88. The maximum absolute atomic E-state index is 14.2. The third kappa shape index (κ3) is 6.46. The molecule has 0 aliphatic heterocycles. The Labute approximate surface area is 278 Å². The molecule has 0 spiro atoms. The number of hydrogen-bond acceptors (Lipinski definition) is 4. The molecular weight excluding hydrogens is 689 g/mol. The van der Waals surface area contributed by atoms with E-state index in [1.165, 1.54) is 0 Å². The minimum atomic E-state index is -3.08. The van der Waals surface area contributed by atoms with Crippen LogP contribution in [0.4, 0.5) is 0 Å². The number of carbonyl (C=O) groups excluding carboxylic acids is 2. The summed E-state index contributed by atoms with van der Waals surface area (Å²) in [6, 6.07) is 57.9. The third-order valence-electron chi connectivity index (χ3n) is 7.33. The molecule has 4 nitrogen and oxygen atoms in total. The number of carbonyl (C=O) groups is 2. The molecule has 6 aromatic rings. The van der Waals surface area contributed by atoms with Crippen LogP contribution in [0.25, 0.3) is 0 Å². The molecule has 0 atom stereocenters. The number of rotatable bonds is 8. The van der Waals surface area contributed by atoms with Crippen molar-refractivity contribution >= 4 is 58.7 Å². The van der Waals surface area contributed by atoms with E-state index in [2.05, 4.69) is 0 Å². The molecule has 7 heteroatoms. The molecule has 45 heavy (non-hydrogen) atoms. The summed E-state index contributed by atoms with van der Waals surface area (Å²) in [5.41, 5.74) is 0. The van der Waals surface area contributed by atoms with Crippen LogP contribution in [-0.4, -0.2) is 11.9 Å². The Hall–Kier alpha value is -4.22. The van der Waals surface area contributed by atoms with Crippen molar-refractivity contribution in [1.82, 2.24) is 0 Å². The predicted octanol–water partition coefficient (Wildman–Crippen LogP) is 5.89. The van der Waals surface area contributed by atoms with Crippen molar-refractivity contribution in [2.45, 2.75) is 0 Å². The Morgan fingerprint density at radius 1 is 0.311 bits per heavy atom. The molecular formula is C38H30O4P2Pd+2. The van der Waals surface area contributed by atoms with Gasteiger partial charge in [0.15, 0.2) is 0 Å². The van der Waals surface area contributed by atoms with E-state index in [0.717, 1.165) is 31.8 Å². The van der Waals surface area contributed by atoms with Crippen LogP contribution in [0.1, 0.15) is 0 Å². The molecule has 0 aromatic heterocycles. The fourth-order valence-corrected chi connectivity index (χ4v) is 12.0. The average Bonchev–Trinajstić information content (AvgIpc) is 3.11. The van der Waals surface area contributed by atoms with Gasteiger partial charge in [0.2, 0.25) is 0 Å². The van der Waals surface area contributed by atoms with Gasteiger partial charge < -0.3 is 0 Å². The third-order valence-corrected chi connectivity index (χ3v) is 14.4. The molecule has 0 fully saturated rings. The van der Waals surface area contributed by atoms with Gasteiger partial charge in [-0.05, 0) is 72.8 Å². The zero-order chi connectivity index (χ0) is 30.2. The molecule has 224 valence electrons. The van der Waals surface area contributed by atoms with E-state index in [0.29, 0.717) is 0 Å². The molecule has 0 heterocycles. The first-order chi connectivity index (χ1) is 21.6. The molecule has 0 saturated heterocycles. The van der Waals surface area contributed by atoms with Crippen LogP contribution in [0.15, 0.2) is 182 Å². The Kier molecular flexibility index (Phi) is 10.5. The van der Waals surface area contributed by atoms with Gasteiger partial charge in [0, 0.05) is 20.4 Å². The van der Waals surface area contributed by atoms with E-state index < -0.39 is 26.9 Å². The van der Waals surface area contributed by atoms with Crippen molar-refractivity contribution in [3.8, 4) is 0 Å². The smallest absolute Gasteiger partial charge is 0.284 e. The van der Waals surface area contributed by atoms with Crippen LogP contribution < -0.4 is 31.8 Å². The van der Waals surface area contributed by atoms with E-state index in [-0.39, 0.29) is 20.4 Å². The Balaban J connectivity index is 0.00000400. The van der Waals surface area contributed by atoms with Crippen molar-refractivity contribution in [2.75, 3.05) is 0 Å². The Morgan fingerprint density at radius 3 is 0.622 bits per heavy atom. The fraction of sp³-hybridized carbons (Fsp3) is 0. The van der Waals surface area contributed by atoms with Gasteiger partial charge in [-0.15, -0.1) is 0 Å². The number of benzene rings is 6. The standard InChI is InChI=1S/C38H30O4P2.Pd/c39-37(41-43(31-19-7-1-8-20-31,32-21-9-2-10-22-32)33-23-11-3-12-24-33)38(40)42-44(34-25-13-4-14-26-34,35-27-15-5-16-28-35)36-29-17-6-18-30-36;/h1-30H;/q+2;. The molecule has 0 saturated carbocycles. The predicted molar refractivity (Wildman–Crippen MR) is 182 cm³/mol. The van der Waals surface area contributed by atoms with Gasteiger partial charge in [0.1, 0.15) is 31.8 Å². The molecule has 0 radical (unpaired) electrons. The van der Waals surface area contributed by atoms with Gasteiger partial charge in [-0.3, -0.25) is 9.05 Å². The SMILES string of the molecule is O=C(O[P+](c1ccccc1)(c1ccccc1)c1ccccc1)C(=O)O[P+](c1ccccc1)(c1ccccc1)c1ccccc1.[Pd]. The zero-order valence-corrected chi connectivity index (χ0v) is 27.5. The minimum Gasteiger partial charge on any atom is -0.284 e.